The highest BCUT2D eigenvalue weighted by molar-refractivity contribution is 5.93. The van der Waals surface area contributed by atoms with E-state index < -0.39 is 0 Å². The second-order valence-corrected chi connectivity index (χ2v) is 6.94. The Morgan fingerprint density at radius 3 is 2.48 bits per heavy atom. The van der Waals surface area contributed by atoms with Crippen LogP contribution in [0.15, 0.2) is 24.3 Å². The van der Waals surface area contributed by atoms with Crippen LogP contribution in [0.5, 0.6) is 0 Å². The first-order valence-corrected chi connectivity index (χ1v) is 8.01. The maximum absolute atomic E-state index is 12.6. The molecule has 0 aliphatic heterocycles. The fourth-order valence-electron chi connectivity index (χ4n) is 3.37. The van der Waals surface area contributed by atoms with E-state index in [9.17, 15) is 4.79 Å². The van der Waals surface area contributed by atoms with E-state index in [-0.39, 0.29) is 23.3 Å². The van der Waals surface area contributed by atoms with E-state index in [4.69, 9.17) is 5.73 Å². The summed E-state index contributed by atoms with van der Waals surface area (Å²) in [6.45, 7) is 8.63. The van der Waals surface area contributed by atoms with Crippen molar-refractivity contribution in [3.05, 3.63) is 29.8 Å². The molecule has 0 aromatic heterocycles. The third-order valence-electron chi connectivity index (χ3n) is 5.45. The molecule has 1 amide bonds. The normalized spacial score (nSPS) is 28.1. The number of nitrogens with one attached hydrogen (secondary N) is 1. The van der Waals surface area contributed by atoms with E-state index in [1.807, 2.05) is 12.1 Å². The molecule has 1 aromatic rings. The topological polar surface area (TPSA) is 55.1 Å². The number of rotatable bonds is 3. The van der Waals surface area contributed by atoms with Crippen molar-refractivity contribution in [1.82, 2.24) is 0 Å². The van der Waals surface area contributed by atoms with Gasteiger partial charge in [-0.3, -0.25) is 4.79 Å². The summed E-state index contributed by atoms with van der Waals surface area (Å²) in [7, 11) is 0. The average molecular weight is 288 g/mol. The van der Waals surface area contributed by atoms with E-state index in [0.717, 1.165) is 24.9 Å². The zero-order chi connectivity index (χ0) is 15.6. The summed E-state index contributed by atoms with van der Waals surface area (Å²) in [4.78, 5) is 12.6. The van der Waals surface area contributed by atoms with Gasteiger partial charge in [-0.2, -0.15) is 0 Å². The van der Waals surface area contributed by atoms with Crippen molar-refractivity contribution in [1.29, 1.82) is 0 Å². The van der Waals surface area contributed by atoms with Crippen molar-refractivity contribution in [2.24, 2.45) is 23.0 Å². The van der Waals surface area contributed by atoms with Gasteiger partial charge in [-0.05, 0) is 48.3 Å². The Balaban J connectivity index is 2.08. The van der Waals surface area contributed by atoms with Gasteiger partial charge in [0.15, 0.2) is 0 Å². The number of aryl methyl sites for hydroxylation is 1. The predicted molar refractivity (Wildman–Crippen MR) is 88.1 cm³/mol. The van der Waals surface area contributed by atoms with Crippen LogP contribution in [-0.2, 0) is 11.2 Å². The molecule has 1 aliphatic rings. The minimum atomic E-state index is -0.0644. The van der Waals surface area contributed by atoms with Gasteiger partial charge >= 0.3 is 0 Å². The molecular weight excluding hydrogens is 260 g/mol. The van der Waals surface area contributed by atoms with Gasteiger partial charge in [-0.15, -0.1) is 0 Å². The van der Waals surface area contributed by atoms with Crippen LogP contribution in [0.3, 0.4) is 0 Å². The summed E-state index contributed by atoms with van der Waals surface area (Å²) in [5.74, 6) is 0.505. The highest BCUT2D eigenvalue weighted by atomic mass is 16.1. The lowest BCUT2D eigenvalue weighted by Gasteiger charge is -2.46. The minimum Gasteiger partial charge on any atom is -0.327 e. The lowest BCUT2D eigenvalue weighted by atomic mass is 9.61. The second-order valence-electron chi connectivity index (χ2n) is 6.94. The Morgan fingerprint density at radius 1 is 1.29 bits per heavy atom. The third kappa shape index (κ3) is 3.29. The third-order valence-corrected chi connectivity index (χ3v) is 5.45. The van der Waals surface area contributed by atoms with Crippen LogP contribution >= 0.6 is 0 Å². The zero-order valence-corrected chi connectivity index (χ0v) is 13.6. The van der Waals surface area contributed by atoms with E-state index in [1.54, 1.807) is 0 Å². The number of carbonyl (C=O) groups excluding carboxylic acids is 1. The molecule has 3 atom stereocenters. The standard InChI is InChI=1S/C18H28N2O/c1-5-13-6-8-14(9-7-13)20-17(21)15-10-11-16(19)12(2)18(15,3)4/h6-9,12,15-16H,5,10-11,19H2,1-4H3,(H,20,21). The first-order chi connectivity index (χ1) is 9.86. The first kappa shape index (κ1) is 16.0. The summed E-state index contributed by atoms with van der Waals surface area (Å²) in [5, 5.41) is 3.07. The molecule has 3 heteroatoms. The van der Waals surface area contributed by atoms with Gasteiger partial charge < -0.3 is 11.1 Å². The summed E-state index contributed by atoms with van der Waals surface area (Å²) in [5.41, 5.74) is 8.27. The largest absolute Gasteiger partial charge is 0.327 e. The van der Waals surface area contributed by atoms with Crippen molar-refractivity contribution in [3.63, 3.8) is 0 Å². The summed E-state index contributed by atoms with van der Waals surface area (Å²) < 4.78 is 0. The quantitative estimate of drug-likeness (QED) is 0.893. The SMILES string of the molecule is CCc1ccc(NC(=O)C2CCC(N)C(C)C2(C)C)cc1. The molecule has 0 radical (unpaired) electrons. The maximum Gasteiger partial charge on any atom is 0.228 e. The lowest BCUT2D eigenvalue weighted by molar-refractivity contribution is -0.127. The second kappa shape index (κ2) is 6.18. The van der Waals surface area contributed by atoms with Crippen LogP contribution in [0.1, 0.15) is 46.1 Å². The zero-order valence-electron chi connectivity index (χ0n) is 13.6. The first-order valence-electron chi connectivity index (χ1n) is 8.01. The Kier molecular flexibility index (Phi) is 4.72. The average Bonchev–Trinajstić information content (AvgIpc) is 2.45. The molecule has 1 saturated carbocycles. The molecule has 2 rings (SSSR count). The summed E-state index contributed by atoms with van der Waals surface area (Å²) >= 11 is 0. The maximum atomic E-state index is 12.6. The van der Waals surface area contributed by atoms with Crippen molar-refractivity contribution in [2.75, 3.05) is 5.32 Å². The van der Waals surface area contributed by atoms with Crippen molar-refractivity contribution < 1.29 is 4.79 Å². The van der Waals surface area contributed by atoms with Crippen molar-refractivity contribution >= 4 is 11.6 Å². The highest BCUT2D eigenvalue weighted by Crippen LogP contribution is 2.44. The molecule has 3 nitrogen and oxygen atoms in total. The van der Waals surface area contributed by atoms with Crippen LogP contribution in [0.4, 0.5) is 5.69 Å². The van der Waals surface area contributed by atoms with Crippen LogP contribution < -0.4 is 11.1 Å². The Morgan fingerprint density at radius 2 is 1.90 bits per heavy atom. The smallest absolute Gasteiger partial charge is 0.228 e. The molecule has 3 N–H and O–H groups in total. The summed E-state index contributed by atoms with van der Waals surface area (Å²) in [6, 6.07) is 8.32. The number of carbonyl (C=O) groups is 1. The molecule has 0 heterocycles. The number of hydrogen-bond acceptors (Lipinski definition) is 2. The van der Waals surface area contributed by atoms with Crippen LogP contribution in [0, 0.1) is 17.3 Å². The molecule has 1 aromatic carbocycles. The Hall–Kier alpha value is -1.35. The number of anilines is 1. The van der Waals surface area contributed by atoms with Gasteiger partial charge in [0.05, 0.1) is 0 Å². The molecule has 1 aliphatic carbocycles. The fraction of sp³-hybridized carbons (Fsp3) is 0.611. The monoisotopic (exact) mass is 288 g/mol. The van der Waals surface area contributed by atoms with Crippen LogP contribution in [0.25, 0.3) is 0 Å². The van der Waals surface area contributed by atoms with Gasteiger partial charge in [0, 0.05) is 17.6 Å². The highest BCUT2D eigenvalue weighted by Gasteiger charge is 2.44. The van der Waals surface area contributed by atoms with Crippen molar-refractivity contribution in [2.45, 2.75) is 53.0 Å². The van der Waals surface area contributed by atoms with Gasteiger partial charge in [-0.1, -0.05) is 39.8 Å². The van der Waals surface area contributed by atoms with Gasteiger partial charge in [0.2, 0.25) is 5.91 Å². The molecule has 0 saturated heterocycles. The number of amides is 1. The number of nitrogens with two attached hydrogens (primary N) is 1. The minimum absolute atomic E-state index is 0.0261. The number of hydrogen-bond donors (Lipinski definition) is 2. The van der Waals surface area contributed by atoms with Crippen molar-refractivity contribution in [3.8, 4) is 0 Å². The molecular formula is C18H28N2O. The van der Waals surface area contributed by atoms with E-state index >= 15 is 0 Å². The molecule has 3 unspecified atom stereocenters. The predicted octanol–water partition coefficient (Wildman–Crippen LogP) is 3.59. The van der Waals surface area contributed by atoms with E-state index in [1.165, 1.54) is 5.56 Å². The van der Waals surface area contributed by atoms with E-state index in [2.05, 4.69) is 45.1 Å². The molecule has 116 valence electrons. The Bertz CT molecular complexity index is 492. The molecule has 21 heavy (non-hydrogen) atoms. The Labute approximate surface area is 128 Å². The summed E-state index contributed by atoms with van der Waals surface area (Å²) in [6.07, 6.45) is 2.81. The number of benzene rings is 1. The molecule has 0 bridgehead atoms. The van der Waals surface area contributed by atoms with Gasteiger partial charge in [-0.25, -0.2) is 0 Å². The van der Waals surface area contributed by atoms with E-state index in [0.29, 0.717) is 5.92 Å². The molecule has 1 fully saturated rings. The fourth-order valence-corrected chi connectivity index (χ4v) is 3.37. The van der Waals surface area contributed by atoms with Gasteiger partial charge in [0.25, 0.3) is 0 Å². The van der Waals surface area contributed by atoms with Crippen LogP contribution in [-0.4, -0.2) is 11.9 Å². The van der Waals surface area contributed by atoms with Crippen LogP contribution in [0.2, 0.25) is 0 Å². The molecule has 0 spiro atoms. The lowest BCUT2D eigenvalue weighted by Crippen LogP contribution is -2.50. The van der Waals surface area contributed by atoms with Gasteiger partial charge in [0.1, 0.15) is 0 Å².